The van der Waals surface area contributed by atoms with E-state index >= 15 is 0 Å². The van der Waals surface area contributed by atoms with Crippen LogP contribution < -0.4 is 15.4 Å². The van der Waals surface area contributed by atoms with E-state index in [0.29, 0.717) is 18.9 Å². The van der Waals surface area contributed by atoms with Crippen LogP contribution in [0, 0.1) is 12.8 Å². The van der Waals surface area contributed by atoms with Gasteiger partial charge in [0.15, 0.2) is 0 Å². The Labute approximate surface area is 133 Å². The summed E-state index contributed by atoms with van der Waals surface area (Å²) >= 11 is 0. The molecular formula is C16H25ClN2O2. The van der Waals surface area contributed by atoms with Gasteiger partial charge in [0.25, 0.3) is 0 Å². The molecule has 1 atom stereocenters. The molecule has 2 N–H and O–H groups in total. The zero-order chi connectivity index (χ0) is 14.4. The van der Waals surface area contributed by atoms with E-state index < -0.39 is 0 Å². The van der Waals surface area contributed by atoms with Crippen LogP contribution in [0.15, 0.2) is 18.2 Å². The molecule has 1 fully saturated rings. The number of benzene rings is 1. The number of hydrogen-bond donors (Lipinski definition) is 2. The molecule has 1 aliphatic rings. The molecule has 1 unspecified atom stereocenters. The second-order valence-corrected chi connectivity index (χ2v) is 5.36. The maximum Gasteiger partial charge on any atom is 0.224 e. The van der Waals surface area contributed by atoms with Gasteiger partial charge in [0.2, 0.25) is 5.91 Å². The number of rotatable bonds is 6. The number of ether oxygens (including phenoxy) is 1. The fourth-order valence-corrected chi connectivity index (χ4v) is 2.54. The molecule has 0 radical (unpaired) electrons. The Hall–Kier alpha value is -1.26. The Bertz CT molecular complexity index is 460. The molecule has 0 aliphatic carbocycles. The van der Waals surface area contributed by atoms with Gasteiger partial charge in [0.05, 0.1) is 6.61 Å². The van der Waals surface area contributed by atoms with Crippen molar-refractivity contribution in [2.45, 2.75) is 33.1 Å². The summed E-state index contributed by atoms with van der Waals surface area (Å²) in [5.41, 5.74) is 1.91. The molecule has 1 aliphatic heterocycles. The number of halogens is 1. The van der Waals surface area contributed by atoms with E-state index in [2.05, 4.69) is 10.6 Å². The summed E-state index contributed by atoms with van der Waals surface area (Å²) in [5.74, 6) is 1.60. The summed E-state index contributed by atoms with van der Waals surface area (Å²) in [6, 6.07) is 5.77. The largest absolute Gasteiger partial charge is 0.494 e. The lowest BCUT2D eigenvalue weighted by molar-refractivity contribution is -0.116. The van der Waals surface area contributed by atoms with E-state index in [1.54, 1.807) is 0 Å². The van der Waals surface area contributed by atoms with Crippen LogP contribution in [-0.2, 0) is 4.79 Å². The highest BCUT2D eigenvalue weighted by atomic mass is 35.5. The summed E-state index contributed by atoms with van der Waals surface area (Å²) in [4.78, 5) is 12.0. The molecule has 0 spiro atoms. The molecule has 1 aromatic rings. The molecule has 2 rings (SSSR count). The molecule has 0 saturated carbocycles. The average Bonchev–Trinajstić information content (AvgIpc) is 2.93. The summed E-state index contributed by atoms with van der Waals surface area (Å²) in [5, 5.41) is 6.32. The van der Waals surface area contributed by atoms with Crippen LogP contribution in [0.1, 0.15) is 31.7 Å². The summed E-state index contributed by atoms with van der Waals surface area (Å²) in [6.07, 6.45) is 2.75. The smallest absolute Gasteiger partial charge is 0.224 e. The van der Waals surface area contributed by atoms with Crippen molar-refractivity contribution >= 4 is 24.0 Å². The zero-order valence-corrected chi connectivity index (χ0v) is 13.6. The quantitative estimate of drug-likeness (QED) is 0.848. The van der Waals surface area contributed by atoms with Gasteiger partial charge in [-0.2, -0.15) is 0 Å². The van der Waals surface area contributed by atoms with Crippen molar-refractivity contribution in [1.82, 2.24) is 5.32 Å². The van der Waals surface area contributed by atoms with Crippen LogP contribution in [-0.4, -0.2) is 25.6 Å². The van der Waals surface area contributed by atoms with E-state index in [0.717, 1.165) is 36.5 Å². The van der Waals surface area contributed by atoms with Gasteiger partial charge in [-0.3, -0.25) is 4.79 Å². The van der Waals surface area contributed by atoms with Crippen molar-refractivity contribution in [2.24, 2.45) is 5.92 Å². The standard InChI is InChI=1S/C16H24N2O2.ClH/c1-3-20-14-5-6-15(12(2)10-14)18-16(19)7-4-13-8-9-17-11-13;/h5-6,10,13,17H,3-4,7-9,11H2,1-2H3,(H,18,19);1H. The molecule has 1 amide bonds. The Morgan fingerprint density at radius 2 is 2.29 bits per heavy atom. The third kappa shape index (κ3) is 5.56. The normalized spacial score (nSPS) is 17.1. The molecule has 5 heteroatoms. The molecular weight excluding hydrogens is 288 g/mol. The van der Waals surface area contributed by atoms with Crippen molar-refractivity contribution in [1.29, 1.82) is 0 Å². The Balaban J connectivity index is 0.00000220. The predicted octanol–water partition coefficient (Wildman–Crippen LogP) is 3.14. The van der Waals surface area contributed by atoms with Crippen molar-refractivity contribution in [3.05, 3.63) is 23.8 Å². The van der Waals surface area contributed by atoms with Gasteiger partial charge in [-0.25, -0.2) is 0 Å². The minimum atomic E-state index is 0. The van der Waals surface area contributed by atoms with Crippen molar-refractivity contribution in [2.75, 3.05) is 25.0 Å². The first-order valence-corrected chi connectivity index (χ1v) is 7.43. The lowest BCUT2D eigenvalue weighted by Gasteiger charge is -2.12. The van der Waals surface area contributed by atoms with E-state index in [9.17, 15) is 4.79 Å². The number of carbonyl (C=O) groups excluding carboxylic acids is 1. The van der Waals surface area contributed by atoms with E-state index in [4.69, 9.17) is 4.74 Å². The number of hydrogen-bond acceptors (Lipinski definition) is 3. The highest BCUT2D eigenvalue weighted by Crippen LogP contribution is 2.22. The minimum Gasteiger partial charge on any atom is -0.494 e. The Morgan fingerprint density at radius 3 is 2.90 bits per heavy atom. The fraction of sp³-hybridized carbons (Fsp3) is 0.562. The van der Waals surface area contributed by atoms with E-state index in [1.807, 2.05) is 32.0 Å². The average molecular weight is 313 g/mol. The number of nitrogens with one attached hydrogen (secondary N) is 2. The maximum atomic E-state index is 12.0. The number of aryl methyl sites for hydroxylation is 1. The van der Waals surface area contributed by atoms with Gasteiger partial charge >= 0.3 is 0 Å². The maximum absolute atomic E-state index is 12.0. The Morgan fingerprint density at radius 1 is 1.48 bits per heavy atom. The SMILES string of the molecule is CCOc1ccc(NC(=O)CCC2CCNC2)c(C)c1.Cl. The van der Waals surface area contributed by atoms with Gasteiger partial charge < -0.3 is 15.4 Å². The van der Waals surface area contributed by atoms with Gasteiger partial charge in [-0.15, -0.1) is 12.4 Å². The molecule has 0 aromatic heterocycles. The molecule has 0 bridgehead atoms. The van der Waals surface area contributed by atoms with Crippen LogP contribution in [0.2, 0.25) is 0 Å². The number of carbonyl (C=O) groups is 1. The van der Waals surface area contributed by atoms with Gasteiger partial charge in [-0.05, 0) is 69.5 Å². The van der Waals surface area contributed by atoms with Crippen molar-refractivity contribution in [3.63, 3.8) is 0 Å². The molecule has 21 heavy (non-hydrogen) atoms. The summed E-state index contributed by atoms with van der Waals surface area (Å²) in [6.45, 7) is 6.74. The summed E-state index contributed by atoms with van der Waals surface area (Å²) < 4.78 is 5.44. The third-order valence-corrected chi connectivity index (χ3v) is 3.72. The number of anilines is 1. The highest BCUT2D eigenvalue weighted by Gasteiger charge is 2.16. The molecule has 1 saturated heterocycles. The van der Waals surface area contributed by atoms with Crippen LogP contribution >= 0.6 is 12.4 Å². The van der Waals surface area contributed by atoms with Crippen LogP contribution in [0.4, 0.5) is 5.69 Å². The summed E-state index contributed by atoms with van der Waals surface area (Å²) in [7, 11) is 0. The molecule has 1 aromatic carbocycles. The van der Waals surface area contributed by atoms with Crippen molar-refractivity contribution in [3.8, 4) is 5.75 Å². The Kier molecular flexibility index (Phi) is 7.54. The van der Waals surface area contributed by atoms with Crippen LogP contribution in [0.25, 0.3) is 0 Å². The first kappa shape index (κ1) is 17.8. The number of amides is 1. The van der Waals surface area contributed by atoms with Crippen LogP contribution in [0.5, 0.6) is 5.75 Å². The highest BCUT2D eigenvalue weighted by molar-refractivity contribution is 5.91. The second-order valence-electron chi connectivity index (χ2n) is 5.36. The first-order chi connectivity index (χ1) is 9.69. The fourth-order valence-electron chi connectivity index (χ4n) is 2.54. The monoisotopic (exact) mass is 312 g/mol. The lowest BCUT2D eigenvalue weighted by Crippen LogP contribution is -2.15. The van der Waals surface area contributed by atoms with Crippen molar-refractivity contribution < 1.29 is 9.53 Å². The molecule has 118 valence electrons. The topological polar surface area (TPSA) is 50.4 Å². The third-order valence-electron chi connectivity index (χ3n) is 3.72. The van der Waals surface area contributed by atoms with Crippen LogP contribution in [0.3, 0.4) is 0 Å². The van der Waals surface area contributed by atoms with E-state index in [-0.39, 0.29) is 18.3 Å². The minimum absolute atomic E-state index is 0. The second kappa shape index (κ2) is 8.90. The van der Waals surface area contributed by atoms with Gasteiger partial charge in [-0.1, -0.05) is 0 Å². The van der Waals surface area contributed by atoms with E-state index in [1.165, 1.54) is 6.42 Å². The lowest BCUT2D eigenvalue weighted by atomic mass is 10.0. The first-order valence-electron chi connectivity index (χ1n) is 7.43. The van der Waals surface area contributed by atoms with Gasteiger partial charge in [0, 0.05) is 12.1 Å². The van der Waals surface area contributed by atoms with Gasteiger partial charge in [0.1, 0.15) is 5.75 Å². The molecule has 1 heterocycles. The molecule has 4 nitrogen and oxygen atoms in total. The predicted molar refractivity (Wildman–Crippen MR) is 88.4 cm³/mol. The zero-order valence-electron chi connectivity index (χ0n) is 12.8.